The Morgan fingerprint density at radius 1 is 1.41 bits per heavy atom. The summed E-state index contributed by atoms with van der Waals surface area (Å²) in [6.07, 6.45) is 0.982. The first-order chi connectivity index (χ1) is 8.22. The maximum atomic E-state index is 6.14. The summed E-state index contributed by atoms with van der Waals surface area (Å²) in [7, 11) is 0. The Morgan fingerprint density at radius 2 is 2.12 bits per heavy atom. The lowest BCUT2D eigenvalue weighted by atomic mass is 10.1. The van der Waals surface area contributed by atoms with E-state index in [1.807, 2.05) is 6.92 Å². The van der Waals surface area contributed by atoms with Gasteiger partial charge in [0.05, 0.1) is 6.61 Å². The van der Waals surface area contributed by atoms with E-state index in [1.165, 1.54) is 11.1 Å². The topological polar surface area (TPSA) is 47.3 Å². The second-order valence-electron chi connectivity index (χ2n) is 4.75. The predicted octanol–water partition coefficient (Wildman–Crippen LogP) is 2.15. The van der Waals surface area contributed by atoms with Gasteiger partial charge in [-0.1, -0.05) is 24.3 Å². The van der Waals surface area contributed by atoms with E-state index in [0.717, 1.165) is 19.6 Å². The van der Waals surface area contributed by atoms with Gasteiger partial charge in [-0.3, -0.25) is 0 Å². The molecule has 0 aliphatic heterocycles. The van der Waals surface area contributed by atoms with Crippen molar-refractivity contribution in [3.63, 3.8) is 0 Å². The maximum Gasteiger partial charge on any atom is 0.0616 e. The Morgan fingerprint density at radius 3 is 2.82 bits per heavy atom. The minimum absolute atomic E-state index is 0.169. The summed E-state index contributed by atoms with van der Waals surface area (Å²) in [6.45, 7) is 5.70. The summed E-state index contributed by atoms with van der Waals surface area (Å²) < 4.78 is 5.43. The van der Waals surface area contributed by atoms with Crippen LogP contribution in [0.3, 0.4) is 0 Å². The molecule has 17 heavy (non-hydrogen) atoms. The molecule has 1 aliphatic rings. The van der Waals surface area contributed by atoms with E-state index in [1.54, 1.807) is 0 Å². The van der Waals surface area contributed by atoms with Gasteiger partial charge in [0, 0.05) is 24.7 Å². The molecule has 3 atom stereocenters. The molecule has 0 bridgehead atoms. The third-order valence-corrected chi connectivity index (χ3v) is 3.32. The Hall–Kier alpha value is -0.900. The third-order valence-electron chi connectivity index (χ3n) is 3.32. The van der Waals surface area contributed by atoms with Crippen LogP contribution in [-0.4, -0.2) is 19.3 Å². The molecule has 3 heteroatoms. The molecule has 1 aromatic rings. The summed E-state index contributed by atoms with van der Waals surface area (Å²) in [5, 5.41) is 3.60. The molecule has 1 aromatic carbocycles. The molecule has 1 aliphatic carbocycles. The van der Waals surface area contributed by atoms with E-state index in [9.17, 15) is 0 Å². The second-order valence-corrected chi connectivity index (χ2v) is 4.75. The molecule has 0 heterocycles. The number of ether oxygens (including phenoxy) is 1. The first kappa shape index (κ1) is 12.6. The summed E-state index contributed by atoms with van der Waals surface area (Å²) in [5.74, 6) is 0. The molecular weight excluding hydrogens is 212 g/mol. The smallest absolute Gasteiger partial charge is 0.0616 e. The van der Waals surface area contributed by atoms with Crippen LogP contribution in [0, 0.1) is 0 Å². The van der Waals surface area contributed by atoms with Crippen molar-refractivity contribution < 1.29 is 4.74 Å². The van der Waals surface area contributed by atoms with Crippen molar-refractivity contribution in [1.82, 2.24) is 5.32 Å². The fraction of sp³-hybridized carbons (Fsp3) is 0.571. The molecule has 3 nitrogen and oxygen atoms in total. The van der Waals surface area contributed by atoms with Crippen LogP contribution in [0.15, 0.2) is 24.3 Å². The van der Waals surface area contributed by atoms with E-state index in [0.29, 0.717) is 12.1 Å². The van der Waals surface area contributed by atoms with Gasteiger partial charge < -0.3 is 15.8 Å². The number of nitrogens with two attached hydrogens (primary N) is 1. The first-order valence-electron chi connectivity index (χ1n) is 6.40. The van der Waals surface area contributed by atoms with Crippen molar-refractivity contribution in [2.45, 2.75) is 38.4 Å². The SMILES string of the molecule is CCOCC(C)NC1CC(N)c2ccccc21. The molecular formula is C14H22N2O. The minimum Gasteiger partial charge on any atom is -0.380 e. The Kier molecular flexibility index (Phi) is 4.15. The normalized spacial score (nSPS) is 24.6. The van der Waals surface area contributed by atoms with Crippen LogP contribution in [0.25, 0.3) is 0 Å². The fourth-order valence-corrected chi connectivity index (χ4v) is 2.52. The van der Waals surface area contributed by atoms with Gasteiger partial charge in [-0.05, 0) is 31.4 Å². The first-order valence-corrected chi connectivity index (χ1v) is 6.40. The summed E-state index contributed by atoms with van der Waals surface area (Å²) in [6, 6.07) is 9.35. The molecule has 0 saturated carbocycles. The van der Waals surface area contributed by atoms with Crippen LogP contribution in [0.4, 0.5) is 0 Å². The highest BCUT2D eigenvalue weighted by molar-refractivity contribution is 5.37. The Labute approximate surface area is 103 Å². The van der Waals surface area contributed by atoms with E-state index >= 15 is 0 Å². The molecule has 2 rings (SSSR count). The fourth-order valence-electron chi connectivity index (χ4n) is 2.52. The summed E-state index contributed by atoms with van der Waals surface area (Å²) in [5.41, 5.74) is 8.78. The zero-order valence-electron chi connectivity index (χ0n) is 10.6. The molecule has 0 fully saturated rings. The Balaban J connectivity index is 2.00. The van der Waals surface area contributed by atoms with Crippen molar-refractivity contribution in [2.24, 2.45) is 5.73 Å². The second kappa shape index (κ2) is 5.63. The number of hydrogen-bond acceptors (Lipinski definition) is 3. The predicted molar refractivity (Wildman–Crippen MR) is 69.8 cm³/mol. The number of fused-ring (bicyclic) bond motifs is 1. The van der Waals surface area contributed by atoms with Crippen LogP contribution >= 0.6 is 0 Å². The van der Waals surface area contributed by atoms with Gasteiger partial charge in [0.25, 0.3) is 0 Å². The van der Waals surface area contributed by atoms with E-state index < -0.39 is 0 Å². The van der Waals surface area contributed by atoms with Gasteiger partial charge in [-0.15, -0.1) is 0 Å². The highest BCUT2D eigenvalue weighted by Gasteiger charge is 2.28. The van der Waals surface area contributed by atoms with Gasteiger partial charge in [-0.2, -0.15) is 0 Å². The van der Waals surface area contributed by atoms with Gasteiger partial charge >= 0.3 is 0 Å². The third kappa shape index (κ3) is 2.86. The van der Waals surface area contributed by atoms with Crippen molar-refractivity contribution in [3.8, 4) is 0 Å². The van der Waals surface area contributed by atoms with Crippen molar-refractivity contribution in [3.05, 3.63) is 35.4 Å². The van der Waals surface area contributed by atoms with Crippen LogP contribution in [0.2, 0.25) is 0 Å². The maximum absolute atomic E-state index is 6.14. The number of benzene rings is 1. The zero-order valence-corrected chi connectivity index (χ0v) is 10.6. The molecule has 94 valence electrons. The molecule has 3 unspecified atom stereocenters. The van der Waals surface area contributed by atoms with Gasteiger partial charge in [-0.25, -0.2) is 0 Å². The van der Waals surface area contributed by atoms with Gasteiger partial charge in [0.1, 0.15) is 0 Å². The average molecular weight is 234 g/mol. The van der Waals surface area contributed by atoms with Crippen LogP contribution in [0.5, 0.6) is 0 Å². The quantitative estimate of drug-likeness (QED) is 0.820. The van der Waals surface area contributed by atoms with Crippen molar-refractivity contribution >= 4 is 0 Å². The van der Waals surface area contributed by atoms with Crippen molar-refractivity contribution in [2.75, 3.05) is 13.2 Å². The lowest BCUT2D eigenvalue weighted by Crippen LogP contribution is -2.33. The summed E-state index contributed by atoms with van der Waals surface area (Å²) in [4.78, 5) is 0. The lowest BCUT2D eigenvalue weighted by molar-refractivity contribution is 0.123. The molecule has 0 spiro atoms. The zero-order chi connectivity index (χ0) is 12.3. The number of rotatable bonds is 5. The van der Waals surface area contributed by atoms with Gasteiger partial charge in [0.2, 0.25) is 0 Å². The van der Waals surface area contributed by atoms with Gasteiger partial charge in [0.15, 0.2) is 0 Å². The summed E-state index contributed by atoms with van der Waals surface area (Å²) >= 11 is 0. The highest BCUT2D eigenvalue weighted by Crippen LogP contribution is 2.37. The molecule has 0 aromatic heterocycles. The number of nitrogens with one attached hydrogen (secondary N) is 1. The van der Waals surface area contributed by atoms with Crippen LogP contribution < -0.4 is 11.1 Å². The monoisotopic (exact) mass is 234 g/mol. The molecule has 0 saturated heterocycles. The lowest BCUT2D eigenvalue weighted by Gasteiger charge is -2.20. The minimum atomic E-state index is 0.169. The Bertz CT molecular complexity index is 367. The standard InChI is InChI=1S/C14H22N2O/c1-3-17-9-10(2)16-14-8-13(15)11-6-4-5-7-12(11)14/h4-7,10,13-14,16H,3,8-9,15H2,1-2H3. The largest absolute Gasteiger partial charge is 0.380 e. The molecule has 0 radical (unpaired) electrons. The molecule has 3 N–H and O–H groups in total. The van der Waals surface area contributed by atoms with E-state index in [2.05, 4.69) is 36.5 Å². The highest BCUT2D eigenvalue weighted by atomic mass is 16.5. The number of hydrogen-bond donors (Lipinski definition) is 2. The van der Waals surface area contributed by atoms with Crippen LogP contribution in [0.1, 0.15) is 43.5 Å². The van der Waals surface area contributed by atoms with Crippen LogP contribution in [-0.2, 0) is 4.74 Å². The van der Waals surface area contributed by atoms with E-state index in [-0.39, 0.29) is 6.04 Å². The average Bonchev–Trinajstić information content (AvgIpc) is 2.65. The molecule has 0 amide bonds. The van der Waals surface area contributed by atoms with E-state index in [4.69, 9.17) is 10.5 Å². The van der Waals surface area contributed by atoms with Crippen molar-refractivity contribution in [1.29, 1.82) is 0 Å².